The average Bonchev–Trinajstić information content (AvgIpc) is 3.25. The molecule has 3 aromatic rings. The normalized spacial score (nSPS) is 10.6. The van der Waals surface area contributed by atoms with Crippen LogP contribution in [-0.2, 0) is 4.79 Å². The van der Waals surface area contributed by atoms with Crippen LogP contribution in [0.5, 0.6) is 11.5 Å². The third-order valence-electron chi connectivity index (χ3n) is 3.96. The molecule has 0 saturated carbocycles. The molecule has 2 aromatic carbocycles. The molecule has 0 saturated heterocycles. The molecule has 148 valence electrons. The number of methoxy groups -OCH3 is 2. The third kappa shape index (κ3) is 5.23. The van der Waals surface area contributed by atoms with Crippen molar-refractivity contribution in [1.82, 2.24) is 20.6 Å². The minimum atomic E-state index is -0.499. The quantitative estimate of drug-likeness (QED) is 0.496. The smallest absolute Gasteiger partial charge is 0.269 e. The van der Waals surface area contributed by atoms with Crippen molar-refractivity contribution in [2.45, 2.75) is 0 Å². The SMILES string of the molecule is COc1cc(OC)cc(C(=O)NNC(=O)/C=C/c2cnn(-c3ccccc3)c2)c1. The predicted molar refractivity (Wildman–Crippen MR) is 108 cm³/mol. The number of ether oxygens (including phenoxy) is 2. The Kier molecular flexibility index (Phi) is 6.26. The zero-order valence-electron chi connectivity index (χ0n) is 16.0. The Balaban J connectivity index is 1.57. The van der Waals surface area contributed by atoms with Gasteiger partial charge in [0.25, 0.3) is 11.8 Å². The highest BCUT2D eigenvalue weighted by molar-refractivity contribution is 5.98. The number of hydrogen-bond acceptors (Lipinski definition) is 5. The Morgan fingerprint density at radius 1 is 1.00 bits per heavy atom. The molecule has 1 aromatic heterocycles. The highest BCUT2D eigenvalue weighted by atomic mass is 16.5. The van der Waals surface area contributed by atoms with E-state index in [1.807, 2.05) is 30.3 Å². The highest BCUT2D eigenvalue weighted by Crippen LogP contribution is 2.22. The minimum Gasteiger partial charge on any atom is -0.497 e. The van der Waals surface area contributed by atoms with Crippen molar-refractivity contribution in [3.63, 3.8) is 0 Å². The summed E-state index contributed by atoms with van der Waals surface area (Å²) in [6.45, 7) is 0. The van der Waals surface area contributed by atoms with Crippen LogP contribution >= 0.6 is 0 Å². The van der Waals surface area contributed by atoms with E-state index in [-0.39, 0.29) is 5.56 Å². The van der Waals surface area contributed by atoms with E-state index in [9.17, 15) is 9.59 Å². The zero-order chi connectivity index (χ0) is 20.6. The molecule has 1 heterocycles. The summed E-state index contributed by atoms with van der Waals surface area (Å²) in [7, 11) is 2.98. The van der Waals surface area contributed by atoms with Gasteiger partial charge in [-0.2, -0.15) is 5.10 Å². The molecule has 0 aliphatic heterocycles. The summed E-state index contributed by atoms with van der Waals surface area (Å²) in [6.07, 6.45) is 6.33. The van der Waals surface area contributed by atoms with Gasteiger partial charge in [0.05, 0.1) is 26.1 Å². The van der Waals surface area contributed by atoms with Gasteiger partial charge in [0, 0.05) is 29.5 Å². The fourth-order valence-corrected chi connectivity index (χ4v) is 2.49. The van der Waals surface area contributed by atoms with E-state index in [0.717, 1.165) is 11.3 Å². The molecule has 3 rings (SSSR count). The molecule has 0 atom stereocenters. The summed E-state index contributed by atoms with van der Waals surface area (Å²) in [6, 6.07) is 14.3. The number of nitrogens with zero attached hydrogens (tertiary/aromatic N) is 2. The first-order valence-electron chi connectivity index (χ1n) is 8.70. The first kappa shape index (κ1) is 19.7. The third-order valence-corrected chi connectivity index (χ3v) is 3.96. The lowest BCUT2D eigenvalue weighted by Crippen LogP contribution is -2.40. The van der Waals surface area contributed by atoms with E-state index < -0.39 is 11.8 Å². The van der Waals surface area contributed by atoms with E-state index in [0.29, 0.717) is 11.5 Å². The number of hydrazine groups is 1. The van der Waals surface area contributed by atoms with Crippen molar-refractivity contribution in [3.05, 3.63) is 78.1 Å². The largest absolute Gasteiger partial charge is 0.497 e. The van der Waals surface area contributed by atoms with Gasteiger partial charge in [-0.3, -0.25) is 20.4 Å². The summed E-state index contributed by atoms with van der Waals surface area (Å²) in [4.78, 5) is 24.2. The molecule has 0 aliphatic rings. The minimum absolute atomic E-state index is 0.287. The molecule has 8 heteroatoms. The zero-order valence-corrected chi connectivity index (χ0v) is 16.0. The number of benzene rings is 2. The molecule has 0 aliphatic carbocycles. The van der Waals surface area contributed by atoms with E-state index in [4.69, 9.17) is 9.47 Å². The predicted octanol–water partition coefficient (Wildman–Crippen LogP) is 2.36. The Hall–Kier alpha value is -4.07. The molecule has 0 fully saturated rings. The van der Waals surface area contributed by atoms with Crippen molar-refractivity contribution in [2.24, 2.45) is 0 Å². The van der Waals surface area contributed by atoms with Gasteiger partial charge >= 0.3 is 0 Å². The molecule has 8 nitrogen and oxygen atoms in total. The number of rotatable bonds is 6. The Morgan fingerprint density at radius 3 is 2.34 bits per heavy atom. The van der Waals surface area contributed by atoms with Crippen LogP contribution in [0.3, 0.4) is 0 Å². The number of aromatic nitrogens is 2. The molecule has 0 unspecified atom stereocenters. The standard InChI is InChI=1S/C21H20N4O4/c1-28-18-10-16(11-19(12-18)29-2)21(27)24-23-20(26)9-8-15-13-22-25(14-15)17-6-4-3-5-7-17/h3-14H,1-2H3,(H,23,26)(H,24,27)/b9-8+. The maximum absolute atomic E-state index is 12.2. The van der Waals surface area contributed by atoms with Gasteiger partial charge in [-0.05, 0) is 30.3 Å². The van der Waals surface area contributed by atoms with Gasteiger partial charge in [-0.15, -0.1) is 0 Å². The summed E-state index contributed by atoms with van der Waals surface area (Å²) < 4.78 is 12.0. The van der Waals surface area contributed by atoms with Gasteiger partial charge in [-0.25, -0.2) is 4.68 Å². The molecular formula is C21H20N4O4. The van der Waals surface area contributed by atoms with Crippen LogP contribution < -0.4 is 20.3 Å². The Bertz CT molecular complexity index is 1010. The van der Waals surface area contributed by atoms with Crippen LogP contribution in [-0.4, -0.2) is 35.8 Å². The molecular weight excluding hydrogens is 372 g/mol. The molecule has 2 amide bonds. The van der Waals surface area contributed by atoms with E-state index in [1.54, 1.807) is 29.2 Å². The van der Waals surface area contributed by atoms with Crippen LogP contribution in [0.1, 0.15) is 15.9 Å². The maximum Gasteiger partial charge on any atom is 0.269 e. The number of nitrogens with one attached hydrogen (secondary N) is 2. The maximum atomic E-state index is 12.2. The van der Waals surface area contributed by atoms with Gasteiger partial charge in [0.2, 0.25) is 0 Å². The fraction of sp³-hybridized carbons (Fsp3) is 0.0952. The fourth-order valence-electron chi connectivity index (χ4n) is 2.49. The van der Waals surface area contributed by atoms with Gasteiger partial charge in [-0.1, -0.05) is 18.2 Å². The topological polar surface area (TPSA) is 94.5 Å². The lowest BCUT2D eigenvalue weighted by Gasteiger charge is -2.09. The van der Waals surface area contributed by atoms with Crippen LogP contribution in [0.25, 0.3) is 11.8 Å². The summed E-state index contributed by atoms with van der Waals surface area (Å²) in [5.74, 6) is -0.0474. The van der Waals surface area contributed by atoms with E-state index in [1.165, 1.54) is 32.4 Å². The number of para-hydroxylation sites is 1. The summed E-state index contributed by atoms with van der Waals surface area (Å²) in [5, 5.41) is 4.25. The number of hydrogen-bond donors (Lipinski definition) is 2. The average molecular weight is 392 g/mol. The molecule has 0 radical (unpaired) electrons. The lowest BCUT2D eigenvalue weighted by molar-refractivity contribution is -0.117. The van der Waals surface area contributed by atoms with Crippen molar-refractivity contribution in [3.8, 4) is 17.2 Å². The molecule has 0 spiro atoms. The number of carbonyl (C=O) groups excluding carboxylic acids is 2. The van der Waals surface area contributed by atoms with Crippen molar-refractivity contribution >= 4 is 17.9 Å². The second-order valence-corrected chi connectivity index (χ2v) is 5.93. The molecule has 29 heavy (non-hydrogen) atoms. The van der Waals surface area contributed by atoms with E-state index in [2.05, 4.69) is 16.0 Å². The van der Waals surface area contributed by atoms with Gasteiger partial charge in [0.15, 0.2) is 0 Å². The highest BCUT2D eigenvalue weighted by Gasteiger charge is 2.10. The van der Waals surface area contributed by atoms with Gasteiger partial charge < -0.3 is 9.47 Å². The second-order valence-electron chi connectivity index (χ2n) is 5.93. The Morgan fingerprint density at radius 2 is 1.69 bits per heavy atom. The van der Waals surface area contributed by atoms with E-state index >= 15 is 0 Å². The number of amides is 2. The van der Waals surface area contributed by atoms with Crippen molar-refractivity contribution < 1.29 is 19.1 Å². The second kappa shape index (κ2) is 9.23. The Labute approximate surface area is 167 Å². The first-order chi connectivity index (χ1) is 14.1. The first-order valence-corrected chi connectivity index (χ1v) is 8.70. The van der Waals surface area contributed by atoms with Crippen LogP contribution in [0.2, 0.25) is 0 Å². The monoisotopic (exact) mass is 392 g/mol. The van der Waals surface area contributed by atoms with Crippen molar-refractivity contribution in [1.29, 1.82) is 0 Å². The summed E-state index contributed by atoms with van der Waals surface area (Å²) in [5.41, 5.74) is 6.62. The van der Waals surface area contributed by atoms with Crippen LogP contribution in [0.15, 0.2) is 67.0 Å². The van der Waals surface area contributed by atoms with Crippen molar-refractivity contribution in [2.75, 3.05) is 14.2 Å². The van der Waals surface area contributed by atoms with Gasteiger partial charge in [0.1, 0.15) is 11.5 Å². The lowest BCUT2D eigenvalue weighted by atomic mass is 10.2. The van der Waals surface area contributed by atoms with Crippen LogP contribution in [0.4, 0.5) is 0 Å². The summed E-state index contributed by atoms with van der Waals surface area (Å²) >= 11 is 0. The molecule has 0 bridgehead atoms. The number of carbonyl (C=O) groups is 2. The van der Waals surface area contributed by atoms with Crippen LogP contribution in [0, 0.1) is 0 Å². The molecule has 2 N–H and O–H groups in total.